The standard InChI is InChI=1S/C25H32ClN3O3/c1-17(2)29-13-11-18(12-14-29)15-28-23(30)16-27-22-6-4-5-21(24(22)26)25(31)19-7-9-20(32-3)10-8-19/h4-10,17-18,27H,11-16H2,1-3H3,(H,28,30). The van der Waals surface area contributed by atoms with E-state index in [1.54, 1.807) is 49.6 Å². The van der Waals surface area contributed by atoms with Gasteiger partial charge in [-0.3, -0.25) is 9.59 Å². The Hall–Kier alpha value is -2.57. The van der Waals surface area contributed by atoms with Crippen LogP contribution in [0.1, 0.15) is 42.6 Å². The number of nitrogens with zero attached hydrogens (tertiary/aromatic N) is 1. The molecule has 3 rings (SSSR count). The molecule has 7 heteroatoms. The fraction of sp³-hybridized carbons (Fsp3) is 0.440. The zero-order chi connectivity index (χ0) is 23.1. The second-order valence-corrected chi connectivity index (χ2v) is 8.83. The van der Waals surface area contributed by atoms with E-state index >= 15 is 0 Å². The molecule has 6 nitrogen and oxygen atoms in total. The monoisotopic (exact) mass is 457 g/mol. The van der Waals surface area contributed by atoms with Crippen molar-refractivity contribution in [2.45, 2.75) is 32.7 Å². The molecule has 0 radical (unpaired) electrons. The quantitative estimate of drug-likeness (QED) is 0.551. The molecule has 1 aliphatic rings. The Bertz CT molecular complexity index is 923. The summed E-state index contributed by atoms with van der Waals surface area (Å²) in [6.07, 6.45) is 2.21. The van der Waals surface area contributed by atoms with Crippen molar-refractivity contribution in [3.05, 3.63) is 58.6 Å². The van der Waals surface area contributed by atoms with Crippen LogP contribution in [-0.2, 0) is 4.79 Å². The Balaban J connectivity index is 1.52. The van der Waals surface area contributed by atoms with Crippen molar-refractivity contribution in [3.8, 4) is 5.75 Å². The lowest BCUT2D eigenvalue weighted by Crippen LogP contribution is -2.42. The minimum Gasteiger partial charge on any atom is -0.497 e. The van der Waals surface area contributed by atoms with E-state index in [1.165, 1.54) is 0 Å². The Morgan fingerprint density at radius 3 is 2.44 bits per heavy atom. The summed E-state index contributed by atoms with van der Waals surface area (Å²) in [5.41, 5.74) is 1.47. The van der Waals surface area contributed by atoms with E-state index in [9.17, 15) is 9.59 Å². The lowest BCUT2D eigenvalue weighted by molar-refractivity contribution is -0.119. The van der Waals surface area contributed by atoms with E-state index in [0.29, 0.717) is 46.1 Å². The van der Waals surface area contributed by atoms with Crippen molar-refractivity contribution in [1.82, 2.24) is 10.2 Å². The maximum absolute atomic E-state index is 12.9. The van der Waals surface area contributed by atoms with Crippen molar-refractivity contribution in [2.24, 2.45) is 5.92 Å². The number of amides is 1. The zero-order valence-electron chi connectivity index (χ0n) is 19.0. The Morgan fingerprint density at radius 1 is 1.12 bits per heavy atom. The predicted molar refractivity (Wildman–Crippen MR) is 129 cm³/mol. The average molecular weight is 458 g/mol. The number of carbonyl (C=O) groups is 2. The van der Waals surface area contributed by atoms with Crippen LogP contribution in [-0.4, -0.2) is 55.9 Å². The summed E-state index contributed by atoms with van der Waals surface area (Å²) in [5.74, 6) is 0.931. The van der Waals surface area contributed by atoms with E-state index in [0.717, 1.165) is 25.9 Å². The second kappa shape index (κ2) is 11.3. The molecule has 0 saturated carbocycles. The van der Waals surface area contributed by atoms with E-state index in [1.807, 2.05) is 0 Å². The summed E-state index contributed by atoms with van der Waals surface area (Å²) in [7, 11) is 1.58. The Labute approximate surface area is 195 Å². The van der Waals surface area contributed by atoms with Crippen molar-refractivity contribution < 1.29 is 14.3 Å². The number of anilines is 1. The van der Waals surface area contributed by atoms with Gasteiger partial charge in [0, 0.05) is 23.7 Å². The fourth-order valence-corrected chi connectivity index (χ4v) is 4.19. The lowest BCUT2D eigenvalue weighted by atomic mass is 9.96. The van der Waals surface area contributed by atoms with Crippen molar-refractivity contribution in [3.63, 3.8) is 0 Å². The maximum Gasteiger partial charge on any atom is 0.239 e. The molecule has 2 aromatic rings. The van der Waals surface area contributed by atoms with Crippen LogP contribution in [0.3, 0.4) is 0 Å². The number of piperidine rings is 1. The third kappa shape index (κ3) is 6.24. The summed E-state index contributed by atoms with van der Waals surface area (Å²) in [6.45, 7) is 7.40. The Kier molecular flexibility index (Phi) is 8.53. The van der Waals surface area contributed by atoms with Crippen LogP contribution < -0.4 is 15.4 Å². The van der Waals surface area contributed by atoms with Crippen LogP contribution in [0, 0.1) is 5.92 Å². The van der Waals surface area contributed by atoms with E-state index in [2.05, 4.69) is 29.4 Å². The van der Waals surface area contributed by atoms with Gasteiger partial charge >= 0.3 is 0 Å². The topological polar surface area (TPSA) is 70.7 Å². The van der Waals surface area contributed by atoms with Crippen LogP contribution in [0.4, 0.5) is 5.69 Å². The molecule has 1 amide bonds. The molecule has 1 saturated heterocycles. The summed E-state index contributed by atoms with van der Waals surface area (Å²) < 4.78 is 5.14. The highest BCUT2D eigenvalue weighted by Crippen LogP contribution is 2.28. The molecule has 32 heavy (non-hydrogen) atoms. The van der Waals surface area contributed by atoms with Crippen LogP contribution in [0.5, 0.6) is 5.75 Å². The van der Waals surface area contributed by atoms with Crippen LogP contribution >= 0.6 is 11.6 Å². The molecule has 1 aliphatic heterocycles. The van der Waals surface area contributed by atoms with Gasteiger partial charge in [0.2, 0.25) is 5.91 Å². The molecule has 0 unspecified atom stereocenters. The molecule has 2 N–H and O–H groups in total. The summed E-state index contributed by atoms with van der Waals surface area (Å²) in [6, 6.07) is 12.7. The molecule has 1 heterocycles. The van der Waals surface area contributed by atoms with Gasteiger partial charge in [-0.25, -0.2) is 0 Å². The summed E-state index contributed by atoms with van der Waals surface area (Å²) in [4.78, 5) is 27.7. The minimum absolute atomic E-state index is 0.0840. The smallest absolute Gasteiger partial charge is 0.239 e. The third-order valence-electron chi connectivity index (χ3n) is 6.00. The number of halogens is 1. The van der Waals surface area contributed by atoms with Crippen molar-refractivity contribution >= 4 is 29.0 Å². The number of methoxy groups -OCH3 is 1. The number of ketones is 1. The average Bonchev–Trinajstić information content (AvgIpc) is 2.82. The molecule has 2 aromatic carbocycles. The molecule has 172 valence electrons. The number of likely N-dealkylation sites (tertiary alicyclic amines) is 1. The zero-order valence-corrected chi connectivity index (χ0v) is 19.7. The number of nitrogens with one attached hydrogen (secondary N) is 2. The van der Waals surface area contributed by atoms with E-state index in [-0.39, 0.29) is 18.2 Å². The van der Waals surface area contributed by atoms with Gasteiger partial charge in [-0.2, -0.15) is 0 Å². The normalized spacial score (nSPS) is 14.9. The third-order valence-corrected chi connectivity index (χ3v) is 6.41. The van der Waals surface area contributed by atoms with E-state index < -0.39 is 0 Å². The van der Waals surface area contributed by atoms with Crippen molar-refractivity contribution in [1.29, 1.82) is 0 Å². The molecule has 0 bridgehead atoms. The first kappa shape index (κ1) is 24.1. The van der Waals surface area contributed by atoms with Gasteiger partial charge in [0.15, 0.2) is 5.78 Å². The van der Waals surface area contributed by atoms with Gasteiger partial charge < -0.3 is 20.3 Å². The van der Waals surface area contributed by atoms with Gasteiger partial charge in [0.25, 0.3) is 0 Å². The number of carbonyl (C=O) groups excluding carboxylic acids is 2. The number of hydrogen-bond donors (Lipinski definition) is 2. The molecule has 1 fully saturated rings. The first-order chi connectivity index (χ1) is 15.4. The first-order valence-corrected chi connectivity index (χ1v) is 11.5. The second-order valence-electron chi connectivity index (χ2n) is 8.46. The number of hydrogen-bond acceptors (Lipinski definition) is 5. The van der Waals surface area contributed by atoms with Gasteiger partial charge in [-0.1, -0.05) is 17.7 Å². The largest absolute Gasteiger partial charge is 0.497 e. The molecule has 0 aromatic heterocycles. The Morgan fingerprint density at radius 2 is 1.81 bits per heavy atom. The molecular weight excluding hydrogens is 426 g/mol. The number of benzene rings is 2. The van der Waals surface area contributed by atoms with Gasteiger partial charge in [-0.05, 0) is 82.1 Å². The van der Waals surface area contributed by atoms with Crippen LogP contribution in [0.2, 0.25) is 5.02 Å². The number of ether oxygens (including phenoxy) is 1. The molecule has 0 atom stereocenters. The van der Waals surface area contributed by atoms with E-state index in [4.69, 9.17) is 16.3 Å². The summed E-state index contributed by atoms with van der Waals surface area (Å²) >= 11 is 6.49. The van der Waals surface area contributed by atoms with Gasteiger partial charge in [0.1, 0.15) is 5.75 Å². The van der Waals surface area contributed by atoms with Gasteiger partial charge in [-0.15, -0.1) is 0 Å². The van der Waals surface area contributed by atoms with Crippen LogP contribution in [0.25, 0.3) is 0 Å². The van der Waals surface area contributed by atoms with Crippen LogP contribution in [0.15, 0.2) is 42.5 Å². The molecule has 0 spiro atoms. The maximum atomic E-state index is 12.9. The minimum atomic E-state index is -0.182. The lowest BCUT2D eigenvalue weighted by Gasteiger charge is -2.34. The highest BCUT2D eigenvalue weighted by molar-refractivity contribution is 6.37. The first-order valence-electron chi connectivity index (χ1n) is 11.1. The molecule has 0 aliphatic carbocycles. The predicted octanol–water partition coefficient (Wildman–Crippen LogP) is 4.23. The highest BCUT2D eigenvalue weighted by atomic mass is 35.5. The molecular formula is C25H32ClN3O3. The summed E-state index contributed by atoms with van der Waals surface area (Å²) in [5, 5.41) is 6.39. The number of rotatable bonds is 9. The van der Waals surface area contributed by atoms with Crippen molar-refractivity contribution in [2.75, 3.05) is 38.6 Å². The SMILES string of the molecule is COc1ccc(C(=O)c2cccc(NCC(=O)NCC3CCN(C(C)C)CC3)c2Cl)cc1. The fourth-order valence-electron chi connectivity index (χ4n) is 3.91. The highest BCUT2D eigenvalue weighted by Gasteiger charge is 2.21. The van der Waals surface area contributed by atoms with Gasteiger partial charge in [0.05, 0.1) is 24.4 Å².